The number of nitrogens with zero attached hydrogens (tertiary/aromatic N) is 7. The van der Waals surface area contributed by atoms with E-state index in [1.54, 1.807) is 0 Å². The predicted molar refractivity (Wildman–Crippen MR) is 152 cm³/mol. The molecule has 4 heterocycles. The fraction of sp³-hybridized carbons (Fsp3) is 0.467. The Morgan fingerprint density at radius 2 is 1.34 bits per heavy atom. The van der Waals surface area contributed by atoms with E-state index in [9.17, 15) is 10.5 Å². The molecule has 4 aliphatic rings. The van der Waals surface area contributed by atoms with Crippen molar-refractivity contribution in [2.24, 2.45) is 21.2 Å². The number of anilines is 2. The van der Waals surface area contributed by atoms with Gasteiger partial charge in [-0.15, -0.1) is 0 Å². The van der Waals surface area contributed by atoms with Crippen molar-refractivity contribution < 1.29 is 0 Å². The van der Waals surface area contributed by atoms with Crippen LogP contribution in [0.5, 0.6) is 0 Å². The van der Waals surface area contributed by atoms with E-state index in [1.165, 1.54) is 11.1 Å². The molecule has 8 heteroatoms. The van der Waals surface area contributed by atoms with Crippen molar-refractivity contribution in [3.63, 3.8) is 0 Å². The maximum absolute atomic E-state index is 11.2. The van der Waals surface area contributed by atoms with Crippen LogP contribution in [-0.2, 0) is 0 Å². The van der Waals surface area contributed by atoms with Gasteiger partial charge in [0, 0.05) is 0 Å². The van der Waals surface area contributed by atoms with Gasteiger partial charge < -0.3 is 0 Å². The molecule has 0 aliphatic carbocycles. The molecule has 6 rings (SSSR count). The molecular formula is C30H33N7Se. The molecule has 2 atom stereocenters. The molecule has 4 aliphatic heterocycles. The third kappa shape index (κ3) is 3.34. The molecule has 1 spiro atoms. The molecule has 2 aromatic rings. The first-order valence-electron chi connectivity index (χ1n) is 13.3. The normalized spacial score (nSPS) is 28.4. The fourth-order valence-electron chi connectivity index (χ4n) is 7.22. The summed E-state index contributed by atoms with van der Waals surface area (Å²) in [6, 6.07) is 22.6. The molecule has 2 bridgehead atoms. The van der Waals surface area contributed by atoms with Gasteiger partial charge in [0.15, 0.2) is 0 Å². The molecule has 7 nitrogen and oxygen atoms in total. The summed E-state index contributed by atoms with van der Waals surface area (Å²) in [6.45, 7) is 8.05. The van der Waals surface area contributed by atoms with Crippen LogP contribution in [0, 0.1) is 52.8 Å². The Balaban J connectivity index is 1.52. The van der Waals surface area contributed by atoms with Crippen molar-refractivity contribution in [1.82, 2.24) is 9.80 Å². The van der Waals surface area contributed by atoms with E-state index in [-0.39, 0.29) is 0 Å². The van der Waals surface area contributed by atoms with Gasteiger partial charge in [-0.3, -0.25) is 0 Å². The molecule has 0 amide bonds. The molecule has 3 saturated heterocycles. The second-order valence-corrected chi connectivity index (χ2v) is 12.3. The minimum atomic E-state index is -0.903. The SMILES string of the molecule is Cc1ccc(N2CN=C3N(C2)C(=[Se])C2(C#N)CN(c4ccc(C)cc4)CC3(C#N)C23CCN(C)CC3)cc1. The summed E-state index contributed by atoms with van der Waals surface area (Å²) < 4.78 is 0.905. The number of likely N-dealkylation sites (tertiary alicyclic amines) is 1. The zero-order chi connectivity index (χ0) is 26.7. The van der Waals surface area contributed by atoms with Gasteiger partial charge in [-0.1, -0.05) is 0 Å². The first-order valence-corrected chi connectivity index (χ1v) is 14.2. The van der Waals surface area contributed by atoms with Gasteiger partial charge in [0.05, 0.1) is 0 Å². The van der Waals surface area contributed by atoms with E-state index in [2.05, 4.69) is 117 Å². The number of rotatable bonds is 2. The van der Waals surface area contributed by atoms with E-state index >= 15 is 0 Å². The Bertz CT molecular complexity index is 1380. The van der Waals surface area contributed by atoms with Crippen molar-refractivity contribution in [3.05, 3.63) is 59.7 Å². The molecule has 38 heavy (non-hydrogen) atoms. The Morgan fingerprint density at radius 1 is 0.816 bits per heavy atom. The van der Waals surface area contributed by atoms with Crippen LogP contribution in [0.25, 0.3) is 0 Å². The van der Waals surface area contributed by atoms with E-state index in [1.807, 2.05) is 0 Å². The molecule has 0 saturated carbocycles. The molecule has 2 aromatic carbocycles. The Morgan fingerprint density at radius 3 is 1.89 bits per heavy atom. The number of aryl methyl sites for hydroxylation is 2. The summed E-state index contributed by atoms with van der Waals surface area (Å²) in [4.78, 5) is 14.1. The molecular weight excluding hydrogens is 537 g/mol. The van der Waals surface area contributed by atoms with Crippen LogP contribution in [-0.4, -0.2) is 82.3 Å². The van der Waals surface area contributed by atoms with E-state index < -0.39 is 16.2 Å². The fourth-order valence-corrected chi connectivity index (χ4v) is 8.17. The van der Waals surface area contributed by atoms with Crippen LogP contribution >= 0.6 is 0 Å². The molecule has 0 N–H and O–H groups in total. The van der Waals surface area contributed by atoms with Crippen molar-refractivity contribution >= 4 is 37.3 Å². The molecule has 0 aromatic heterocycles. The molecule has 2 unspecified atom stereocenters. The standard InChI is InChI=1S/C30H33N7Se/c1-22-4-8-24(9-5-22)35-18-28(16-31)26-33-20-36(25-10-6-23(2)7-11-25)21-37(26)27(38)29(17-32,19-35)30(28)12-14-34(3)15-13-30/h4-11H,12-15,18-21H2,1-3H3. The van der Waals surface area contributed by atoms with Gasteiger partial charge in [-0.2, -0.15) is 0 Å². The predicted octanol–water partition coefficient (Wildman–Crippen LogP) is 3.30. The van der Waals surface area contributed by atoms with Crippen LogP contribution in [0.3, 0.4) is 0 Å². The second kappa shape index (κ2) is 8.95. The number of amidine groups is 1. The van der Waals surface area contributed by atoms with Gasteiger partial charge in [0.25, 0.3) is 0 Å². The zero-order valence-electron chi connectivity index (χ0n) is 22.3. The Hall–Kier alpha value is -3.16. The van der Waals surface area contributed by atoms with Crippen molar-refractivity contribution in [3.8, 4) is 12.1 Å². The summed E-state index contributed by atoms with van der Waals surface area (Å²) in [5.41, 5.74) is 2.27. The number of piperidine rings is 3. The average Bonchev–Trinajstić information content (AvgIpc) is 2.94. The number of nitriles is 2. The summed E-state index contributed by atoms with van der Waals surface area (Å²) in [5.74, 6) is 0.823. The van der Waals surface area contributed by atoms with Crippen molar-refractivity contribution in [2.45, 2.75) is 26.7 Å². The van der Waals surface area contributed by atoms with Gasteiger partial charge in [-0.25, -0.2) is 0 Å². The van der Waals surface area contributed by atoms with Gasteiger partial charge >= 0.3 is 234 Å². The van der Waals surface area contributed by atoms with E-state index in [0.29, 0.717) is 26.4 Å². The molecule has 3 fully saturated rings. The summed E-state index contributed by atoms with van der Waals surface area (Å²) in [6.07, 6.45) is 1.60. The van der Waals surface area contributed by atoms with Crippen LogP contribution in [0.15, 0.2) is 53.5 Å². The third-order valence-corrected chi connectivity index (χ3v) is 10.7. The monoisotopic (exact) mass is 571 g/mol. The average molecular weight is 571 g/mol. The van der Waals surface area contributed by atoms with Gasteiger partial charge in [0.1, 0.15) is 0 Å². The van der Waals surface area contributed by atoms with Gasteiger partial charge in [0.2, 0.25) is 0 Å². The summed E-state index contributed by atoms with van der Waals surface area (Å²) in [5, 5.41) is 22.3. The number of benzene rings is 2. The third-order valence-electron chi connectivity index (χ3n) is 9.46. The Labute approximate surface area is 233 Å². The zero-order valence-corrected chi connectivity index (χ0v) is 24.0. The topological polar surface area (TPSA) is 72.9 Å². The first-order chi connectivity index (χ1) is 18.3. The van der Waals surface area contributed by atoms with Crippen molar-refractivity contribution in [1.29, 1.82) is 10.5 Å². The van der Waals surface area contributed by atoms with Gasteiger partial charge in [-0.05, 0) is 0 Å². The number of hydrogen-bond acceptors (Lipinski definition) is 7. The van der Waals surface area contributed by atoms with E-state index in [4.69, 9.17) is 4.99 Å². The van der Waals surface area contributed by atoms with Crippen molar-refractivity contribution in [2.75, 3.05) is 56.4 Å². The van der Waals surface area contributed by atoms with Crippen LogP contribution in [0.4, 0.5) is 11.4 Å². The molecule has 194 valence electrons. The van der Waals surface area contributed by atoms with Crippen LogP contribution in [0.1, 0.15) is 24.0 Å². The number of aliphatic imine (C=N–C) groups is 1. The summed E-state index contributed by atoms with van der Waals surface area (Å²) >= 11 is 3.37. The molecule has 0 radical (unpaired) electrons. The van der Waals surface area contributed by atoms with Crippen LogP contribution < -0.4 is 9.80 Å². The Kier molecular flexibility index (Phi) is 5.92. The first kappa shape index (κ1) is 25.1. The van der Waals surface area contributed by atoms with E-state index in [0.717, 1.165) is 47.7 Å². The summed E-state index contributed by atoms with van der Waals surface area (Å²) in [7, 11) is 2.13. The number of fused-ring (bicyclic) bond motifs is 2. The number of hydrogen-bond donors (Lipinski definition) is 0. The maximum atomic E-state index is 11.2. The second-order valence-electron chi connectivity index (χ2n) is 11.5. The van der Waals surface area contributed by atoms with Crippen LogP contribution in [0.2, 0.25) is 0 Å². The quantitative estimate of drug-likeness (QED) is 0.517. The minimum absolute atomic E-state index is 0.492.